The van der Waals surface area contributed by atoms with E-state index >= 15 is 0 Å². The fraction of sp³-hybridized carbons (Fsp3) is 0.316. The van der Waals surface area contributed by atoms with Gasteiger partial charge in [-0.2, -0.15) is 8.78 Å². The maximum absolute atomic E-state index is 13.6. The minimum absolute atomic E-state index is 0.0642. The van der Waals surface area contributed by atoms with Crippen LogP contribution in [-0.4, -0.2) is 38.2 Å². The zero-order valence-electron chi connectivity index (χ0n) is 15.5. The standard InChI is InChI=1S/C19H19F4NO4/c1-4-24(9-11-5-6-14(26-2)15(7-11)27-3)16(25)10-28-19-17(22)12(20)8-13(21)18(19)23/h5-8H,4,9-10H2,1-3H3. The smallest absolute Gasteiger partial charge is 0.260 e. The predicted molar refractivity (Wildman–Crippen MR) is 92.4 cm³/mol. The number of nitrogens with zero attached hydrogens (tertiary/aromatic N) is 1. The number of benzene rings is 2. The highest BCUT2D eigenvalue weighted by Crippen LogP contribution is 2.28. The number of carbonyl (C=O) groups excluding carboxylic acids is 1. The average molecular weight is 401 g/mol. The van der Waals surface area contributed by atoms with Crippen molar-refractivity contribution < 1.29 is 36.6 Å². The fourth-order valence-corrected chi connectivity index (χ4v) is 2.48. The van der Waals surface area contributed by atoms with E-state index in [2.05, 4.69) is 0 Å². The third kappa shape index (κ3) is 4.65. The monoisotopic (exact) mass is 401 g/mol. The summed E-state index contributed by atoms with van der Waals surface area (Å²) in [5, 5.41) is 0. The molecule has 2 aromatic carbocycles. The maximum atomic E-state index is 13.6. The number of carbonyl (C=O) groups is 1. The summed E-state index contributed by atoms with van der Waals surface area (Å²) >= 11 is 0. The van der Waals surface area contributed by atoms with Crippen LogP contribution in [0.1, 0.15) is 12.5 Å². The summed E-state index contributed by atoms with van der Waals surface area (Å²) in [5.41, 5.74) is 0.710. The molecule has 0 aliphatic carbocycles. The van der Waals surface area contributed by atoms with Crippen LogP contribution < -0.4 is 14.2 Å². The lowest BCUT2D eigenvalue weighted by molar-refractivity contribution is -0.133. The Kier molecular flexibility index (Phi) is 7.08. The third-order valence-corrected chi connectivity index (χ3v) is 3.97. The maximum Gasteiger partial charge on any atom is 0.260 e. The van der Waals surface area contributed by atoms with Crippen LogP contribution in [0.5, 0.6) is 17.2 Å². The second-order valence-electron chi connectivity index (χ2n) is 5.68. The van der Waals surface area contributed by atoms with Gasteiger partial charge in [0.2, 0.25) is 11.6 Å². The second kappa shape index (κ2) is 9.29. The van der Waals surface area contributed by atoms with E-state index in [-0.39, 0.29) is 19.2 Å². The van der Waals surface area contributed by atoms with Crippen LogP contribution in [0.25, 0.3) is 0 Å². The van der Waals surface area contributed by atoms with Crippen molar-refractivity contribution in [3.63, 3.8) is 0 Å². The molecule has 0 unspecified atom stereocenters. The molecule has 0 spiro atoms. The Morgan fingerprint density at radius 3 is 2.11 bits per heavy atom. The average Bonchev–Trinajstić information content (AvgIpc) is 2.70. The number of ether oxygens (including phenoxy) is 3. The Morgan fingerprint density at radius 2 is 1.57 bits per heavy atom. The van der Waals surface area contributed by atoms with Crippen LogP contribution in [0.4, 0.5) is 17.6 Å². The molecule has 2 rings (SSSR count). The number of hydrogen-bond donors (Lipinski definition) is 0. The molecular formula is C19H19F4NO4. The lowest BCUT2D eigenvalue weighted by atomic mass is 10.2. The summed E-state index contributed by atoms with van der Waals surface area (Å²) in [6.45, 7) is 1.32. The molecule has 0 N–H and O–H groups in total. The molecule has 0 radical (unpaired) electrons. The first-order valence-corrected chi connectivity index (χ1v) is 8.26. The molecular weight excluding hydrogens is 382 g/mol. The molecule has 0 aliphatic rings. The quantitative estimate of drug-likeness (QED) is 0.500. The molecule has 0 fully saturated rings. The molecule has 9 heteroatoms. The fourth-order valence-electron chi connectivity index (χ4n) is 2.48. The van der Waals surface area contributed by atoms with Crippen molar-refractivity contribution in [2.75, 3.05) is 27.4 Å². The van der Waals surface area contributed by atoms with E-state index in [0.717, 1.165) is 0 Å². The summed E-state index contributed by atoms with van der Waals surface area (Å²) in [6.07, 6.45) is 0. The van der Waals surface area contributed by atoms with Crippen LogP contribution >= 0.6 is 0 Å². The molecule has 0 aromatic heterocycles. The van der Waals surface area contributed by atoms with Crippen LogP contribution in [0.15, 0.2) is 24.3 Å². The lowest BCUT2D eigenvalue weighted by Gasteiger charge is -2.22. The van der Waals surface area contributed by atoms with Crippen LogP contribution in [0.2, 0.25) is 0 Å². The van der Waals surface area contributed by atoms with Crippen molar-refractivity contribution in [1.82, 2.24) is 4.90 Å². The van der Waals surface area contributed by atoms with Crippen molar-refractivity contribution in [1.29, 1.82) is 0 Å². The van der Waals surface area contributed by atoms with E-state index in [1.54, 1.807) is 25.1 Å². The molecule has 0 aliphatic heterocycles. The van der Waals surface area contributed by atoms with Crippen molar-refractivity contribution in [3.05, 3.63) is 53.1 Å². The molecule has 0 bridgehead atoms. The van der Waals surface area contributed by atoms with E-state index in [1.807, 2.05) is 0 Å². The number of halogens is 4. The highest BCUT2D eigenvalue weighted by Gasteiger charge is 2.22. The van der Waals surface area contributed by atoms with Gasteiger partial charge in [-0.25, -0.2) is 8.78 Å². The van der Waals surface area contributed by atoms with Crippen LogP contribution in [0, 0.1) is 23.3 Å². The number of hydrogen-bond acceptors (Lipinski definition) is 4. The van der Waals surface area contributed by atoms with Gasteiger partial charge in [0.05, 0.1) is 14.2 Å². The summed E-state index contributed by atoms with van der Waals surface area (Å²) in [5.74, 6) is -7.53. The van der Waals surface area contributed by atoms with Crippen molar-refractivity contribution in [2.45, 2.75) is 13.5 Å². The number of methoxy groups -OCH3 is 2. The van der Waals surface area contributed by atoms with E-state index in [0.29, 0.717) is 17.1 Å². The van der Waals surface area contributed by atoms with Gasteiger partial charge in [0.1, 0.15) is 0 Å². The summed E-state index contributed by atoms with van der Waals surface area (Å²) in [7, 11) is 2.96. The third-order valence-electron chi connectivity index (χ3n) is 3.97. The van der Waals surface area contributed by atoms with Gasteiger partial charge in [0.15, 0.2) is 35.5 Å². The van der Waals surface area contributed by atoms with Gasteiger partial charge in [-0.3, -0.25) is 4.79 Å². The molecule has 0 saturated carbocycles. The predicted octanol–water partition coefficient (Wildman–Crippen LogP) is 3.69. The first kappa shape index (κ1) is 21.3. The summed E-state index contributed by atoms with van der Waals surface area (Å²) in [4.78, 5) is 13.7. The zero-order valence-corrected chi connectivity index (χ0v) is 15.5. The van der Waals surface area contributed by atoms with Gasteiger partial charge in [-0.05, 0) is 24.6 Å². The molecule has 2 aromatic rings. The van der Waals surface area contributed by atoms with Gasteiger partial charge in [-0.1, -0.05) is 6.07 Å². The first-order valence-electron chi connectivity index (χ1n) is 8.26. The largest absolute Gasteiger partial charge is 0.493 e. The second-order valence-corrected chi connectivity index (χ2v) is 5.68. The topological polar surface area (TPSA) is 48.0 Å². The highest BCUT2D eigenvalue weighted by atomic mass is 19.2. The zero-order chi connectivity index (χ0) is 20.8. The van der Waals surface area contributed by atoms with Crippen molar-refractivity contribution in [2.24, 2.45) is 0 Å². The Bertz CT molecular complexity index is 834. The van der Waals surface area contributed by atoms with Gasteiger partial charge < -0.3 is 19.1 Å². The number of likely N-dealkylation sites (N-methyl/N-ethyl adjacent to an activating group) is 1. The van der Waals surface area contributed by atoms with E-state index in [1.165, 1.54) is 19.1 Å². The van der Waals surface area contributed by atoms with Gasteiger partial charge in [-0.15, -0.1) is 0 Å². The Hall–Kier alpha value is -2.97. The van der Waals surface area contributed by atoms with Crippen molar-refractivity contribution in [3.8, 4) is 17.2 Å². The summed E-state index contributed by atoms with van der Waals surface area (Å²) < 4.78 is 68.7. The number of rotatable bonds is 8. The minimum atomic E-state index is -1.70. The normalized spacial score (nSPS) is 10.5. The van der Waals surface area contributed by atoms with Crippen LogP contribution in [0.3, 0.4) is 0 Å². The molecule has 5 nitrogen and oxygen atoms in total. The molecule has 152 valence electrons. The molecule has 1 amide bonds. The first-order chi connectivity index (χ1) is 13.3. The van der Waals surface area contributed by atoms with E-state index in [9.17, 15) is 22.4 Å². The Morgan fingerprint density at radius 1 is 0.964 bits per heavy atom. The molecule has 0 atom stereocenters. The van der Waals surface area contributed by atoms with Gasteiger partial charge in [0, 0.05) is 19.2 Å². The Labute approximate surface area is 159 Å². The summed E-state index contributed by atoms with van der Waals surface area (Å²) in [6, 6.07) is 5.13. The molecule has 0 heterocycles. The Balaban J connectivity index is 2.11. The van der Waals surface area contributed by atoms with E-state index < -0.39 is 41.5 Å². The SMILES string of the molecule is CCN(Cc1ccc(OC)c(OC)c1)C(=O)COc1c(F)c(F)cc(F)c1F. The van der Waals surface area contributed by atoms with Crippen LogP contribution in [-0.2, 0) is 11.3 Å². The highest BCUT2D eigenvalue weighted by molar-refractivity contribution is 5.77. The van der Waals surface area contributed by atoms with E-state index in [4.69, 9.17) is 14.2 Å². The van der Waals surface area contributed by atoms with Gasteiger partial charge >= 0.3 is 0 Å². The van der Waals surface area contributed by atoms with Gasteiger partial charge in [0.25, 0.3) is 5.91 Å². The molecule has 28 heavy (non-hydrogen) atoms. The molecule has 0 saturated heterocycles. The minimum Gasteiger partial charge on any atom is -0.493 e. The lowest BCUT2D eigenvalue weighted by Crippen LogP contribution is -2.34. The number of amides is 1. The van der Waals surface area contributed by atoms with Crippen molar-refractivity contribution >= 4 is 5.91 Å².